The van der Waals surface area contributed by atoms with Crippen LogP contribution in [0.15, 0.2) is 29.0 Å². The van der Waals surface area contributed by atoms with E-state index in [1.165, 1.54) is 6.39 Å². The van der Waals surface area contributed by atoms with E-state index < -0.39 is 5.43 Å². The summed E-state index contributed by atoms with van der Waals surface area (Å²) in [5, 5.41) is 0. The van der Waals surface area contributed by atoms with Crippen LogP contribution in [-0.4, -0.2) is 10.4 Å². The lowest BCUT2D eigenvalue weighted by atomic mass is 10.3. The van der Waals surface area contributed by atoms with Gasteiger partial charge in [-0.05, 0) is 12.1 Å². The summed E-state index contributed by atoms with van der Waals surface area (Å²) < 4.78 is 9.68. The van der Waals surface area contributed by atoms with Crippen LogP contribution in [0.2, 0.25) is 0 Å². The number of carbonyl (C=O) groups is 1. The number of carbonyl (C=O) groups excluding carboxylic acids is 1. The minimum absolute atomic E-state index is 0.273. The van der Waals surface area contributed by atoms with Gasteiger partial charge in [0.1, 0.15) is 5.52 Å². The number of aromatic nitrogens is 1. The van der Waals surface area contributed by atoms with Crippen molar-refractivity contribution in [1.82, 2.24) is 4.98 Å². The Morgan fingerprint density at radius 1 is 1.54 bits per heavy atom. The highest BCUT2D eigenvalue weighted by Crippen LogP contribution is 2.24. The lowest BCUT2D eigenvalue weighted by molar-refractivity contribution is 0.225. The lowest BCUT2D eigenvalue weighted by Gasteiger charge is -1.97. The number of para-hydroxylation sites is 1. The number of fused-ring (bicyclic) bond motifs is 1. The van der Waals surface area contributed by atoms with Crippen LogP contribution in [0, 0.1) is 0 Å². The molecule has 0 N–H and O–H groups in total. The molecule has 0 unspecified atom stereocenters. The highest BCUT2D eigenvalue weighted by molar-refractivity contribution is 6.61. The maximum absolute atomic E-state index is 10.5. The third-order valence-electron chi connectivity index (χ3n) is 1.51. The molecule has 0 amide bonds. The number of ether oxygens (including phenoxy) is 1. The zero-order valence-corrected chi connectivity index (χ0v) is 7.12. The van der Waals surface area contributed by atoms with Gasteiger partial charge in [-0.1, -0.05) is 6.07 Å². The van der Waals surface area contributed by atoms with Crippen molar-refractivity contribution in [3.63, 3.8) is 0 Å². The van der Waals surface area contributed by atoms with Crippen molar-refractivity contribution in [1.29, 1.82) is 0 Å². The second kappa shape index (κ2) is 3.06. The van der Waals surface area contributed by atoms with Gasteiger partial charge in [0.15, 0.2) is 17.7 Å². The summed E-state index contributed by atoms with van der Waals surface area (Å²) in [5.74, 6) is 0.273. The molecule has 0 saturated carbocycles. The van der Waals surface area contributed by atoms with E-state index in [9.17, 15) is 4.79 Å². The molecule has 5 heteroatoms. The summed E-state index contributed by atoms with van der Waals surface area (Å²) >= 11 is 5.06. The summed E-state index contributed by atoms with van der Waals surface area (Å²) in [6, 6.07) is 5.01. The van der Waals surface area contributed by atoms with Gasteiger partial charge in [-0.25, -0.2) is 9.78 Å². The largest absolute Gasteiger partial charge is 0.440 e. The van der Waals surface area contributed by atoms with Crippen LogP contribution < -0.4 is 4.74 Å². The molecule has 0 bridgehead atoms. The number of nitrogens with zero attached hydrogens (tertiary/aromatic N) is 1. The van der Waals surface area contributed by atoms with E-state index in [0.717, 1.165) is 0 Å². The molecule has 4 nitrogen and oxygen atoms in total. The minimum Gasteiger partial charge on any atom is -0.440 e. The van der Waals surface area contributed by atoms with Crippen molar-refractivity contribution in [2.45, 2.75) is 0 Å². The SMILES string of the molecule is O=C(Cl)Oc1cccc2ncoc12. The number of halogens is 1. The zero-order chi connectivity index (χ0) is 9.26. The van der Waals surface area contributed by atoms with Crippen molar-refractivity contribution in [3.05, 3.63) is 24.6 Å². The molecular weight excluding hydrogens is 194 g/mol. The van der Waals surface area contributed by atoms with E-state index in [4.69, 9.17) is 16.0 Å². The molecule has 1 heterocycles. The summed E-state index contributed by atoms with van der Waals surface area (Å²) in [5.41, 5.74) is 0.135. The highest BCUT2D eigenvalue weighted by Gasteiger charge is 2.08. The van der Waals surface area contributed by atoms with Gasteiger partial charge in [0.25, 0.3) is 0 Å². The Morgan fingerprint density at radius 3 is 3.15 bits per heavy atom. The molecule has 66 valence electrons. The van der Waals surface area contributed by atoms with E-state index in [0.29, 0.717) is 11.1 Å². The van der Waals surface area contributed by atoms with Crippen LogP contribution in [0.25, 0.3) is 11.1 Å². The first-order chi connectivity index (χ1) is 6.27. The van der Waals surface area contributed by atoms with Gasteiger partial charge in [0.05, 0.1) is 0 Å². The fourth-order valence-electron chi connectivity index (χ4n) is 1.03. The van der Waals surface area contributed by atoms with Gasteiger partial charge in [0, 0.05) is 11.6 Å². The molecule has 0 radical (unpaired) electrons. The van der Waals surface area contributed by atoms with Gasteiger partial charge in [-0.15, -0.1) is 0 Å². The van der Waals surface area contributed by atoms with Crippen molar-refractivity contribution in [3.8, 4) is 5.75 Å². The number of benzene rings is 1. The van der Waals surface area contributed by atoms with Crippen molar-refractivity contribution >= 4 is 28.1 Å². The van der Waals surface area contributed by atoms with Crippen LogP contribution in [0.1, 0.15) is 0 Å². The average Bonchev–Trinajstić information content (AvgIpc) is 2.51. The van der Waals surface area contributed by atoms with Crippen LogP contribution in [0.3, 0.4) is 0 Å². The average molecular weight is 198 g/mol. The maximum Gasteiger partial charge on any atom is 0.409 e. The first-order valence-corrected chi connectivity index (χ1v) is 3.84. The molecule has 0 aliphatic heterocycles. The Bertz CT molecular complexity index is 451. The topological polar surface area (TPSA) is 52.3 Å². The summed E-state index contributed by atoms with van der Waals surface area (Å²) in [7, 11) is 0. The third-order valence-corrected chi connectivity index (χ3v) is 1.59. The van der Waals surface area contributed by atoms with Gasteiger partial charge >= 0.3 is 5.43 Å². The third kappa shape index (κ3) is 1.48. The highest BCUT2D eigenvalue weighted by atomic mass is 35.5. The van der Waals surface area contributed by atoms with Crippen molar-refractivity contribution < 1.29 is 13.9 Å². The molecule has 1 aromatic heterocycles. The second-order valence-electron chi connectivity index (χ2n) is 2.30. The Labute approximate surface area is 78.1 Å². The molecule has 0 atom stereocenters. The maximum atomic E-state index is 10.5. The molecule has 13 heavy (non-hydrogen) atoms. The first kappa shape index (κ1) is 8.07. The van der Waals surface area contributed by atoms with Crippen LogP contribution in [0.5, 0.6) is 5.75 Å². The van der Waals surface area contributed by atoms with Crippen molar-refractivity contribution in [2.24, 2.45) is 0 Å². The standard InChI is InChI=1S/C8H4ClNO3/c9-8(11)13-6-3-1-2-5-7(6)12-4-10-5/h1-4H. The molecule has 2 rings (SSSR count). The van der Waals surface area contributed by atoms with E-state index >= 15 is 0 Å². The number of hydrogen-bond acceptors (Lipinski definition) is 4. The van der Waals surface area contributed by atoms with Crippen LogP contribution >= 0.6 is 11.6 Å². The number of rotatable bonds is 1. The monoisotopic (exact) mass is 197 g/mol. The van der Waals surface area contributed by atoms with Crippen molar-refractivity contribution in [2.75, 3.05) is 0 Å². The Balaban J connectivity index is 2.54. The van der Waals surface area contributed by atoms with Gasteiger partial charge in [-0.2, -0.15) is 0 Å². The van der Waals surface area contributed by atoms with E-state index in [-0.39, 0.29) is 5.75 Å². The number of hydrogen-bond donors (Lipinski definition) is 0. The number of oxazole rings is 1. The Kier molecular flexibility index (Phi) is 1.90. The summed E-state index contributed by atoms with van der Waals surface area (Å²) in [6.45, 7) is 0. The fourth-order valence-corrected chi connectivity index (χ4v) is 1.11. The first-order valence-electron chi connectivity index (χ1n) is 3.47. The Hall–Kier alpha value is -1.55. The van der Waals surface area contributed by atoms with Gasteiger partial charge in [-0.3, -0.25) is 0 Å². The smallest absolute Gasteiger partial charge is 0.409 e. The van der Waals surface area contributed by atoms with E-state index in [1.807, 2.05) is 0 Å². The van der Waals surface area contributed by atoms with Crippen LogP contribution in [0.4, 0.5) is 4.79 Å². The van der Waals surface area contributed by atoms with Crippen LogP contribution in [-0.2, 0) is 0 Å². The van der Waals surface area contributed by atoms with Gasteiger partial charge in [0.2, 0.25) is 0 Å². The second-order valence-corrected chi connectivity index (χ2v) is 2.61. The van der Waals surface area contributed by atoms with Gasteiger partial charge < -0.3 is 9.15 Å². The molecule has 0 saturated heterocycles. The minimum atomic E-state index is -0.899. The molecule has 1 aromatic carbocycles. The van der Waals surface area contributed by atoms with E-state index in [1.54, 1.807) is 18.2 Å². The summed E-state index contributed by atoms with van der Waals surface area (Å²) in [4.78, 5) is 14.3. The predicted octanol–water partition coefficient (Wildman–Crippen LogP) is 2.57. The molecule has 0 spiro atoms. The fraction of sp³-hybridized carbons (Fsp3) is 0. The van der Waals surface area contributed by atoms with E-state index in [2.05, 4.69) is 9.72 Å². The molecule has 2 aromatic rings. The molecule has 0 fully saturated rings. The predicted molar refractivity (Wildman–Crippen MR) is 45.9 cm³/mol. The Morgan fingerprint density at radius 2 is 2.38 bits per heavy atom. The summed E-state index contributed by atoms with van der Waals surface area (Å²) in [6.07, 6.45) is 1.27. The zero-order valence-electron chi connectivity index (χ0n) is 6.36. The molecule has 0 aliphatic rings. The molecule has 0 aliphatic carbocycles. The quantitative estimate of drug-likeness (QED) is 0.660. The lowest BCUT2D eigenvalue weighted by Crippen LogP contribution is -1.95. The molecular formula is C8H4ClNO3. The normalized spacial score (nSPS) is 10.2.